The van der Waals surface area contributed by atoms with Crippen LogP contribution in [0.2, 0.25) is 0 Å². The highest BCUT2D eigenvalue weighted by atomic mass is 19.1. The molecule has 0 fully saturated rings. The first-order chi connectivity index (χ1) is 15.7. The fraction of sp³-hybridized carbons (Fsp3) is 0.143. The maximum absolute atomic E-state index is 13.5. The molecule has 0 spiro atoms. The smallest absolute Gasteiger partial charge is 0.123 e. The minimum absolute atomic E-state index is 0.0386. The molecule has 5 rings (SSSR count). The summed E-state index contributed by atoms with van der Waals surface area (Å²) in [4.78, 5) is 0. The molecular weight excluding hydrogens is 397 g/mol. The molecule has 2 unspecified atom stereocenters. The summed E-state index contributed by atoms with van der Waals surface area (Å²) in [5, 5.41) is 10.4. The van der Waals surface area contributed by atoms with Gasteiger partial charge in [-0.25, -0.2) is 4.39 Å². The predicted molar refractivity (Wildman–Crippen MR) is 129 cm³/mol. The molecule has 3 nitrogen and oxygen atoms in total. The molecule has 0 radical (unpaired) electrons. The van der Waals surface area contributed by atoms with E-state index in [-0.39, 0.29) is 18.0 Å². The van der Waals surface area contributed by atoms with Crippen LogP contribution in [0.4, 0.5) is 4.39 Å². The van der Waals surface area contributed by atoms with E-state index in [1.807, 2.05) is 18.3 Å². The molecule has 0 saturated carbocycles. The van der Waals surface area contributed by atoms with Crippen LogP contribution in [0.15, 0.2) is 97.2 Å². The lowest BCUT2D eigenvalue weighted by Gasteiger charge is -2.33. The van der Waals surface area contributed by atoms with Crippen molar-refractivity contribution in [2.45, 2.75) is 19.1 Å². The molecule has 3 aromatic carbocycles. The van der Waals surface area contributed by atoms with Crippen molar-refractivity contribution in [1.82, 2.24) is 16.0 Å². The molecule has 0 aliphatic carbocycles. The van der Waals surface area contributed by atoms with Gasteiger partial charge in [0.2, 0.25) is 0 Å². The maximum Gasteiger partial charge on any atom is 0.123 e. The highest BCUT2D eigenvalue weighted by Gasteiger charge is 2.24. The Morgan fingerprint density at radius 1 is 0.812 bits per heavy atom. The van der Waals surface area contributed by atoms with Crippen LogP contribution in [0.5, 0.6) is 0 Å². The van der Waals surface area contributed by atoms with Gasteiger partial charge in [0.25, 0.3) is 0 Å². The van der Waals surface area contributed by atoms with Gasteiger partial charge in [-0.05, 0) is 65.2 Å². The first kappa shape index (κ1) is 20.3. The van der Waals surface area contributed by atoms with Crippen molar-refractivity contribution in [3.63, 3.8) is 0 Å². The van der Waals surface area contributed by atoms with Gasteiger partial charge in [0.05, 0.1) is 6.04 Å². The van der Waals surface area contributed by atoms with Crippen LogP contribution in [0.1, 0.15) is 40.0 Å². The van der Waals surface area contributed by atoms with Crippen LogP contribution < -0.4 is 16.0 Å². The fourth-order valence-electron chi connectivity index (χ4n) is 4.13. The molecule has 3 aromatic rings. The minimum Gasteiger partial charge on any atom is -0.387 e. The third-order valence-corrected chi connectivity index (χ3v) is 5.97. The van der Waals surface area contributed by atoms with E-state index < -0.39 is 0 Å². The van der Waals surface area contributed by atoms with Gasteiger partial charge in [0, 0.05) is 12.2 Å². The number of nitrogens with one attached hydrogen (secondary N) is 3. The third-order valence-electron chi connectivity index (χ3n) is 5.97. The maximum atomic E-state index is 13.5. The summed E-state index contributed by atoms with van der Waals surface area (Å²) in [5.74, 6) is -0.229. The zero-order valence-electron chi connectivity index (χ0n) is 18.0. The number of dihydropyridines is 1. The zero-order valence-corrected chi connectivity index (χ0v) is 18.0. The Labute approximate surface area is 188 Å². The van der Waals surface area contributed by atoms with E-state index in [4.69, 9.17) is 0 Å². The minimum atomic E-state index is -0.229. The van der Waals surface area contributed by atoms with E-state index in [9.17, 15) is 4.39 Å². The highest BCUT2D eigenvalue weighted by Crippen LogP contribution is 2.30. The van der Waals surface area contributed by atoms with E-state index in [0.29, 0.717) is 0 Å². The van der Waals surface area contributed by atoms with Crippen LogP contribution >= 0.6 is 0 Å². The van der Waals surface area contributed by atoms with Crippen molar-refractivity contribution in [3.8, 4) is 0 Å². The largest absolute Gasteiger partial charge is 0.387 e. The molecule has 2 aliphatic rings. The summed E-state index contributed by atoms with van der Waals surface area (Å²) < 4.78 is 13.5. The molecule has 0 aromatic heterocycles. The molecule has 0 saturated heterocycles. The number of halogens is 1. The average molecular weight is 424 g/mol. The second-order valence-corrected chi connectivity index (χ2v) is 8.24. The molecule has 4 heteroatoms. The molecule has 160 valence electrons. The number of hydrogen-bond acceptors (Lipinski definition) is 3. The number of aryl methyl sites for hydroxylation is 1. The molecular formula is C28H26FN3. The number of allylic oxidation sites excluding steroid dienone is 2. The third kappa shape index (κ3) is 4.36. The van der Waals surface area contributed by atoms with Crippen LogP contribution in [0.25, 0.3) is 11.3 Å². The van der Waals surface area contributed by atoms with Gasteiger partial charge >= 0.3 is 0 Å². The van der Waals surface area contributed by atoms with Crippen molar-refractivity contribution in [2.24, 2.45) is 0 Å². The Hall–Kier alpha value is -3.63. The Kier molecular flexibility index (Phi) is 5.61. The zero-order chi connectivity index (χ0) is 21.9. The molecule has 32 heavy (non-hydrogen) atoms. The van der Waals surface area contributed by atoms with Crippen molar-refractivity contribution in [1.29, 1.82) is 0 Å². The second-order valence-electron chi connectivity index (χ2n) is 8.24. The van der Waals surface area contributed by atoms with Crippen LogP contribution in [0.3, 0.4) is 0 Å². The summed E-state index contributed by atoms with van der Waals surface area (Å²) in [6, 6.07) is 23.9. The van der Waals surface area contributed by atoms with E-state index in [1.165, 1.54) is 34.4 Å². The second kappa shape index (κ2) is 8.85. The Bertz CT molecular complexity index is 1170. The Morgan fingerprint density at radius 3 is 2.19 bits per heavy atom. The van der Waals surface area contributed by atoms with Crippen LogP contribution in [-0.2, 0) is 0 Å². The molecule has 3 N–H and O–H groups in total. The SMILES string of the molecule is Cc1ccc(C2C=C(c3ccc(C4=CCNC=C4)cc3)NC(c3ccc(F)cc3)N2)cc1. The summed E-state index contributed by atoms with van der Waals surface area (Å²) in [7, 11) is 0. The monoisotopic (exact) mass is 423 g/mol. The van der Waals surface area contributed by atoms with E-state index in [1.54, 1.807) is 0 Å². The van der Waals surface area contributed by atoms with Crippen molar-refractivity contribution in [2.75, 3.05) is 6.54 Å². The summed E-state index contributed by atoms with van der Waals surface area (Å²) in [5.41, 5.74) is 8.04. The van der Waals surface area contributed by atoms with Gasteiger partial charge in [-0.2, -0.15) is 0 Å². The Morgan fingerprint density at radius 2 is 1.50 bits per heavy atom. The summed E-state index contributed by atoms with van der Waals surface area (Å²) in [6.45, 7) is 2.94. The lowest BCUT2D eigenvalue weighted by atomic mass is 9.96. The van der Waals surface area contributed by atoms with E-state index >= 15 is 0 Å². The van der Waals surface area contributed by atoms with Gasteiger partial charge in [-0.15, -0.1) is 0 Å². The van der Waals surface area contributed by atoms with Crippen molar-refractivity contribution in [3.05, 3.63) is 131 Å². The van der Waals surface area contributed by atoms with Crippen LogP contribution in [-0.4, -0.2) is 6.54 Å². The topological polar surface area (TPSA) is 36.1 Å². The molecule has 2 atom stereocenters. The Balaban J connectivity index is 1.48. The van der Waals surface area contributed by atoms with Gasteiger partial charge in [-0.1, -0.05) is 72.3 Å². The van der Waals surface area contributed by atoms with E-state index in [2.05, 4.69) is 89.6 Å². The normalized spacial score (nSPS) is 20.1. The molecule has 2 heterocycles. The first-order valence-electron chi connectivity index (χ1n) is 10.9. The quantitative estimate of drug-likeness (QED) is 0.511. The number of hydrogen-bond donors (Lipinski definition) is 3. The van der Waals surface area contributed by atoms with E-state index in [0.717, 1.165) is 23.4 Å². The standard InChI is InChI=1S/C28H26FN3/c1-19-2-4-22(5-3-19)26-18-27(32-28(31-26)24-10-12-25(29)13-11-24)23-8-6-20(7-9-23)21-14-16-30-17-15-21/h2-16,18,26,28,30-32H,17H2,1H3. The van der Waals surface area contributed by atoms with Gasteiger partial charge < -0.3 is 10.6 Å². The van der Waals surface area contributed by atoms with Crippen molar-refractivity contribution >= 4 is 11.3 Å². The molecule has 2 aliphatic heterocycles. The predicted octanol–water partition coefficient (Wildman–Crippen LogP) is 5.61. The lowest BCUT2D eigenvalue weighted by Crippen LogP contribution is -2.39. The van der Waals surface area contributed by atoms with Gasteiger partial charge in [0.1, 0.15) is 12.0 Å². The molecule has 0 bridgehead atoms. The fourth-order valence-corrected chi connectivity index (χ4v) is 4.13. The summed E-state index contributed by atoms with van der Waals surface area (Å²) in [6.07, 6.45) is 8.37. The average Bonchev–Trinajstić information content (AvgIpc) is 2.85. The first-order valence-corrected chi connectivity index (χ1v) is 10.9. The lowest BCUT2D eigenvalue weighted by molar-refractivity contribution is 0.442. The summed E-state index contributed by atoms with van der Waals surface area (Å²) >= 11 is 0. The number of benzene rings is 3. The highest BCUT2D eigenvalue weighted by molar-refractivity contribution is 5.76. The van der Waals surface area contributed by atoms with Gasteiger partial charge in [-0.3, -0.25) is 5.32 Å². The van der Waals surface area contributed by atoms with Crippen LogP contribution in [0, 0.1) is 12.7 Å². The molecule has 0 amide bonds. The van der Waals surface area contributed by atoms with Crippen molar-refractivity contribution < 1.29 is 4.39 Å². The number of rotatable bonds is 4. The van der Waals surface area contributed by atoms with Gasteiger partial charge in [0.15, 0.2) is 0 Å².